The van der Waals surface area contributed by atoms with Gasteiger partial charge in [-0.1, -0.05) is 25.0 Å². The van der Waals surface area contributed by atoms with E-state index in [-0.39, 0.29) is 11.9 Å². The molecule has 1 heterocycles. The van der Waals surface area contributed by atoms with Gasteiger partial charge < -0.3 is 10.6 Å². The molecule has 0 radical (unpaired) electrons. The molecule has 17 heavy (non-hydrogen) atoms. The predicted octanol–water partition coefficient (Wildman–Crippen LogP) is 3.23. The van der Waals surface area contributed by atoms with E-state index in [1.165, 1.54) is 18.9 Å². The van der Waals surface area contributed by atoms with Crippen molar-refractivity contribution in [3.8, 4) is 0 Å². The number of hydrogen-bond donors (Lipinski definition) is 1. The van der Waals surface area contributed by atoms with Crippen molar-refractivity contribution in [3.63, 3.8) is 0 Å². The maximum Gasteiger partial charge on any atom is 0.146 e. The first-order valence-electron chi connectivity index (χ1n) is 6.49. The number of anilines is 1. The van der Waals surface area contributed by atoms with Crippen LogP contribution < -0.4 is 10.6 Å². The highest BCUT2D eigenvalue weighted by Gasteiger charge is 2.18. The lowest BCUT2D eigenvalue weighted by atomic mass is 10.1. The standard InChI is InChI=1S/C14H21FN2/c1-11(16)12-7-6-8-13(15)14(12)17-9-4-2-3-5-10-17/h6-8,11H,2-5,9-10,16H2,1H3/t11-/m1/s1. The third-order valence-corrected chi connectivity index (χ3v) is 3.43. The molecule has 0 saturated carbocycles. The van der Waals surface area contributed by atoms with Gasteiger partial charge in [0.25, 0.3) is 0 Å². The molecule has 3 heteroatoms. The molecule has 2 nitrogen and oxygen atoms in total. The average molecular weight is 236 g/mol. The molecule has 2 rings (SSSR count). The lowest BCUT2D eigenvalue weighted by Crippen LogP contribution is -2.27. The van der Waals surface area contributed by atoms with Gasteiger partial charge in [0.2, 0.25) is 0 Å². The van der Waals surface area contributed by atoms with Crippen molar-refractivity contribution in [1.29, 1.82) is 0 Å². The van der Waals surface area contributed by atoms with Crippen LogP contribution >= 0.6 is 0 Å². The van der Waals surface area contributed by atoms with E-state index in [9.17, 15) is 4.39 Å². The Morgan fingerprint density at radius 2 is 1.82 bits per heavy atom. The minimum Gasteiger partial charge on any atom is -0.369 e. The van der Waals surface area contributed by atoms with Crippen LogP contribution in [0.3, 0.4) is 0 Å². The molecule has 0 aromatic heterocycles. The summed E-state index contributed by atoms with van der Waals surface area (Å²) in [5.74, 6) is -0.137. The normalized spacial score (nSPS) is 18.9. The van der Waals surface area contributed by atoms with E-state index in [0.29, 0.717) is 0 Å². The monoisotopic (exact) mass is 236 g/mol. The van der Waals surface area contributed by atoms with Crippen molar-refractivity contribution in [2.75, 3.05) is 18.0 Å². The van der Waals surface area contributed by atoms with Gasteiger partial charge in [-0.15, -0.1) is 0 Å². The molecule has 2 N–H and O–H groups in total. The summed E-state index contributed by atoms with van der Waals surface area (Å²) < 4.78 is 14.0. The maximum atomic E-state index is 14.0. The highest BCUT2D eigenvalue weighted by molar-refractivity contribution is 5.56. The predicted molar refractivity (Wildman–Crippen MR) is 69.7 cm³/mol. The summed E-state index contributed by atoms with van der Waals surface area (Å²) in [7, 11) is 0. The fourth-order valence-corrected chi connectivity index (χ4v) is 2.53. The second kappa shape index (κ2) is 5.50. The first kappa shape index (κ1) is 12.4. The number of hydrogen-bond acceptors (Lipinski definition) is 2. The van der Waals surface area contributed by atoms with Crippen LogP contribution in [0.25, 0.3) is 0 Å². The largest absolute Gasteiger partial charge is 0.369 e. The summed E-state index contributed by atoms with van der Waals surface area (Å²) in [4.78, 5) is 2.17. The zero-order chi connectivity index (χ0) is 12.3. The van der Waals surface area contributed by atoms with Crippen LogP contribution in [0.1, 0.15) is 44.2 Å². The highest BCUT2D eigenvalue weighted by Crippen LogP contribution is 2.30. The molecular weight excluding hydrogens is 215 g/mol. The maximum absolute atomic E-state index is 14.0. The molecule has 94 valence electrons. The molecule has 0 aliphatic carbocycles. The Hall–Kier alpha value is -1.09. The van der Waals surface area contributed by atoms with Crippen LogP contribution in [0.4, 0.5) is 10.1 Å². The Labute approximate surface area is 103 Å². The summed E-state index contributed by atoms with van der Waals surface area (Å²) in [6, 6.07) is 5.10. The number of para-hydroxylation sites is 1. The van der Waals surface area contributed by atoms with Gasteiger partial charge in [-0.05, 0) is 31.4 Å². The van der Waals surface area contributed by atoms with Crippen LogP contribution in [-0.4, -0.2) is 13.1 Å². The molecule has 0 amide bonds. The van der Waals surface area contributed by atoms with E-state index < -0.39 is 0 Å². The Morgan fingerprint density at radius 3 is 2.41 bits per heavy atom. The molecule has 1 aromatic carbocycles. The van der Waals surface area contributed by atoms with Crippen LogP contribution in [0.15, 0.2) is 18.2 Å². The van der Waals surface area contributed by atoms with Crippen LogP contribution in [0, 0.1) is 5.82 Å². The van der Waals surface area contributed by atoms with Gasteiger partial charge in [0.15, 0.2) is 0 Å². The molecule has 1 saturated heterocycles. The minimum atomic E-state index is -0.137. The van der Waals surface area contributed by atoms with E-state index in [2.05, 4.69) is 4.90 Å². The Kier molecular flexibility index (Phi) is 4.00. The van der Waals surface area contributed by atoms with Crippen LogP contribution in [0.5, 0.6) is 0 Å². The topological polar surface area (TPSA) is 29.3 Å². The smallest absolute Gasteiger partial charge is 0.146 e. The Morgan fingerprint density at radius 1 is 1.18 bits per heavy atom. The minimum absolute atomic E-state index is 0.121. The second-order valence-electron chi connectivity index (χ2n) is 4.87. The Balaban J connectivity index is 2.34. The van der Waals surface area contributed by atoms with E-state index in [1.807, 2.05) is 13.0 Å². The summed E-state index contributed by atoms with van der Waals surface area (Å²) >= 11 is 0. The summed E-state index contributed by atoms with van der Waals surface area (Å²) in [6.45, 7) is 3.80. The molecule has 0 spiro atoms. The Bertz CT molecular complexity index is 368. The van der Waals surface area contributed by atoms with Gasteiger partial charge in [-0.25, -0.2) is 4.39 Å². The zero-order valence-corrected chi connectivity index (χ0v) is 10.5. The average Bonchev–Trinajstić information content (AvgIpc) is 2.57. The summed E-state index contributed by atoms with van der Waals surface area (Å²) in [6.07, 6.45) is 4.79. The van der Waals surface area contributed by atoms with Crippen molar-refractivity contribution in [2.45, 2.75) is 38.6 Å². The van der Waals surface area contributed by atoms with Gasteiger partial charge in [0.05, 0.1) is 5.69 Å². The van der Waals surface area contributed by atoms with Gasteiger partial charge in [-0.2, -0.15) is 0 Å². The van der Waals surface area contributed by atoms with Gasteiger partial charge in [-0.3, -0.25) is 0 Å². The van der Waals surface area contributed by atoms with Crippen molar-refractivity contribution in [1.82, 2.24) is 0 Å². The number of halogens is 1. The molecule has 1 fully saturated rings. The second-order valence-corrected chi connectivity index (χ2v) is 4.87. The van der Waals surface area contributed by atoms with E-state index >= 15 is 0 Å². The fraction of sp³-hybridized carbons (Fsp3) is 0.571. The molecule has 0 bridgehead atoms. The van der Waals surface area contributed by atoms with E-state index in [0.717, 1.165) is 37.2 Å². The van der Waals surface area contributed by atoms with Crippen LogP contribution in [-0.2, 0) is 0 Å². The third kappa shape index (κ3) is 2.78. The van der Waals surface area contributed by atoms with Gasteiger partial charge in [0, 0.05) is 19.1 Å². The van der Waals surface area contributed by atoms with E-state index in [4.69, 9.17) is 5.73 Å². The lowest BCUT2D eigenvalue weighted by molar-refractivity contribution is 0.610. The summed E-state index contributed by atoms with van der Waals surface area (Å²) in [5, 5.41) is 0. The van der Waals surface area contributed by atoms with Gasteiger partial charge >= 0.3 is 0 Å². The molecule has 1 atom stereocenters. The zero-order valence-electron chi connectivity index (χ0n) is 10.5. The van der Waals surface area contributed by atoms with Crippen molar-refractivity contribution in [2.24, 2.45) is 5.73 Å². The highest BCUT2D eigenvalue weighted by atomic mass is 19.1. The number of nitrogens with two attached hydrogens (primary N) is 1. The first-order chi connectivity index (χ1) is 8.20. The van der Waals surface area contributed by atoms with Crippen molar-refractivity contribution in [3.05, 3.63) is 29.6 Å². The van der Waals surface area contributed by atoms with Gasteiger partial charge in [0.1, 0.15) is 5.82 Å². The number of rotatable bonds is 2. The molecule has 1 aliphatic rings. The SMILES string of the molecule is C[C@@H](N)c1cccc(F)c1N1CCCCCC1. The fourth-order valence-electron chi connectivity index (χ4n) is 2.53. The van der Waals surface area contributed by atoms with Crippen molar-refractivity contribution >= 4 is 5.69 Å². The van der Waals surface area contributed by atoms with Crippen molar-refractivity contribution < 1.29 is 4.39 Å². The third-order valence-electron chi connectivity index (χ3n) is 3.43. The molecular formula is C14H21FN2. The molecule has 1 aliphatic heterocycles. The quantitative estimate of drug-likeness (QED) is 0.854. The molecule has 0 unspecified atom stereocenters. The van der Waals surface area contributed by atoms with E-state index in [1.54, 1.807) is 6.07 Å². The number of benzene rings is 1. The molecule has 1 aromatic rings. The van der Waals surface area contributed by atoms with Crippen LogP contribution in [0.2, 0.25) is 0 Å². The summed E-state index contributed by atoms with van der Waals surface area (Å²) in [5.41, 5.74) is 7.59. The lowest BCUT2D eigenvalue weighted by Gasteiger charge is -2.27. The number of nitrogens with zero attached hydrogens (tertiary/aromatic N) is 1. The first-order valence-corrected chi connectivity index (χ1v) is 6.49.